The van der Waals surface area contributed by atoms with E-state index in [1.54, 1.807) is 0 Å². The summed E-state index contributed by atoms with van der Waals surface area (Å²) in [7, 11) is 0. The number of rotatable bonds is 0. The van der Waals surface area contributed by atoms with E-state index in [4.69, 9.17) is 3.80 Å². The van der Waals surface area contributed by atoms with Gasteiger partial charge in [-0.2, -0.15) is 0 Å². The molecule has 30 valence electrons. The molecule has 5 heavy (non-hydrogen) atoms. The molecule has 0 N–H and O–H groups in total. The Balaban J connectivity index is -0.000000000833. The first kappa shape index (κ1) is 26.7. The Morgan fingerprint density at radius 2 is 1.40 bits per heavy atom. The van der Waals surface area contributed by atoms with Gasteiger partial charge in [0.05, 0.1) is 0 Å². The van der Waals surface area contributed by atoms with Gasteiger partial charge >= 0.3 is 49.6 Å². The van der Waals surface area contributed by atoms with Crippen LogP contribution in [0.4, 0.5) is 0 Å². The average Bonchev–Trinajstić information content (AvgIpc) is 1.00. The van der Waals surface area contributed by atoms with E-state index >= 15 is 0 Å². The van der Waals surface area contributed by atoms with Crippen molar-refractivity contribution in [3.05, 3.63) is 0 Å². The van der Waals surface area contributed by atoms with Gasteiger partial charge in [0, 0.05) is 20.4 Å². The van der Waals surface area contributed by atoms with Gasteiger partial charge in [0.2, 0.25) is 0 Å². The molecule has 0 saturated carbocycles. The molecule has 0 unspecified atom stereocenters. The SMILES string of the molecule is Cl.[H-].[Na+].[O]=[AlH].[Pd]. The molecule has 0 atom stereocenters. The quantitative estimate of drug-likeness (QED) is 0.385. The standard InChI is InChI=1S/Al.ClH.Na.O.Pd.2H/h;1H;;;;;/q;;+1;;;;-1. The van der Waals surface area contributed by atoms with Crippen LogP contribution in [-0.2, 0) is 24.2 Å². The maximum atomic E-state index is 8.28. The number of hydrogen-bond acceptors (Lipinski definition) is 1. The van der Waals surface area contributed by atoms with Crippen molar-refractivity contribution in [2.45, 2.75) is 0 Å². The molecule has 5 heteroatoms. The maximum absolute atomic E-state index is 8.28. The molecule has 0 aliphatic carbocycles. The molecule has 0 bridgehead atoms. The van der Waals surface area contributed by atoms with Gasteiger partial charge in [-0.25, -0.2) is 0 Å². The van der Waals surface area contributed by atoms with Crippen LogP contribution in [0.25, 0.3) is 0 Å². The first-order valence-electron chi connectivity index (χ1n) is 0.289. The van der Waals surface area contributed by atoms with Crippen LogP contribution >= 0.6 is 12.4 Å². The van der Waals surface area contributed by atoms with E-state index in [0.717, 1.165) is 0 Å². The number of halogens is 1. The Morgan fingerprint density at radius 3 is 1.40 bits per heavy atom. The minimum absolute atomic E-state index is 0. The largest absolute Gasteiger partial charge is 0 e. The van der Waals surface area contributed by atoms with Gasteiger partial charge in [-0.3, -0.25) is 0 Å². The summed E-state index contributed by atoms with van der Waals surface area (Å²) in [5.74, 6) is 0. The van der Waals surface area contributed by atoms with Gasteiger partial charge in [-0.15, -0.1) is 12.4 Å². The Morgan fingerprint density at radius 1 is 1.40 bits per heavy atom. The minimum Gasteiger partial charge on any atom is 0 e. The third-order valence-electron chi connectivity index (χ3n) is 0. The first-order valence-corrected chi connectivity index (χ1v) is 0.866. The first-order chi connectivity index (χ1) is 1.00. The third-order valence-corrected chi connectivity index (χ3v) is 0. The van der Waals surface area contributed by atoms with Gasteiger partial charge in [-0.05, 0) is 0 Å². The van der Waals surface area contributed by atoms with Crippen molar-refractivity contribution >= 4 is 28.6 Å². The van der Waals surface area contributed by atoms with Crippen molar-refractivity contribution in [3.8, 4) is 0 Å². The van der Waals surface area contributed by atoms with Crippen molar-refractivity contribution in [2.75, 3.05) is 0 Å². The Kier molecular flexibility index (Phi) is 179. The second kappa shape index (κ2) is 33.6. The summed E-state index contributed by atoms with van der Waals surface area (Å²) in [6.45, 7) is 0. The van der Waals surface area contributed by atoms with Crippen molar-refractivity contribution in [1.29, 1.82) is 0 Å². The van der Waals surface area contributed by atoms with Crippen molar-refractivity contribution in [2.24, 2.45) is 0 Å². The van der Waals surface area contributed by atoms with Crippen LogP contribution in [0.15, 0.2) is 0 Å². The Bertz CT molecular complexity index is 15.5. The van der Waals surface area contributed by atoms with E-state index in [1.807, 2.05) is 0 Å². The topological polar surface area (TPSA) is 17.1 Å². The fraction of sp³-hybridized carbons (Fsp3) is 0. The van der Waals surface area contributed by atoms with Crippen LogP contribution in [-0.4, -0.2) is 16.2 Å². The van der Waals surface area contributed by atoms with E-state index in [-0.39, 0.29) is 63.8 Å². The summed E-state index contributed by atoms with van der Waals surface area (Å²) in [5.41, 5.74) is 0. The molecule has 0 aliphatic heterocycles. The molecule has 0 radical (unpaired) electrons. The van der Waals surface area contributed by atoms with E-state index in [1.165, 1.54) is 0 Å². The van der Waals surface area contributed by atoms with E-state index < -0.39 is 0 Å². The summed E-state index contributed by atoms with van der Waals surface area (Å²) in [6.07, 6.45) is 0. The van der Waals surface area contributed by atoms with Crippen LogP contribution in [0.5, 0.6) is 0 Å². The molecule has 0 spiro atoms. The molecule has 0 heterocycles. The van der Waals surface area contributed by atoms with Gasteiger partial charge in [0.15, 0.2) is 0 Å². The Labute approximate surface area is 82.7 Å². The maximum Gasteiger partial charge on any atom is 0 e. The smallest absolute Gasteiger partial charge is 0 e. The molecule has 0 aliphatic rings. The zero-order valence-electron chi connectivity index (χ0n) is 3.84. The summed E-state index contributed by atoms with van der Waals surface area (Å²) in [6, 6.07) is 0. The molecular weight excluding hydrogens is 208 g/mol. The predicted octanol–water partition coefficient (Wildman–Crippen LogP) is -3.23. The van der Waals surface area contributed by atoms with Gasteiger partial charge in [0.1, 0.15) is 0 Å². The van der Waals surface area contributed by atoms with E-state index in [0.29, 0.717) is 16.2 Å². The zero-order chi connectivity index (χ0) is 2.00. The van der Waals surface area contributed by atoms with Crippen LogP contribution in [0.2, 0.25) is 0 Å². The second-order valence-corrected chi connectivity index (χ2v) is 0. The molecule has 0 rings (SSSR count). The van der Waals surface area contributed by atoms with E-state index in [9.17, 15) is 0 Å². The van der Waals surface area contributed by atoms with Gasteiger partial charge < -0.3 is 1.43 Å². The molecule has 0 aromatic rings. The van der Waals surface area contributed by atoms with Crippen molar-refractivity contribution < 1.29 is 55.2 Å². The summed E-state index contributed by atoms with van der Waals surface area (Å²) in [5, 5.41) is 0. The van der Waals surface area contributed by atoms with Crippen molar-refractivity contribution in [3.63, 3.8) is 0 Å². The fourth-order valence-corrected chi connectivity index (χ4v) is 0. The van der Waals surface area contributed by atoms with Crippen LogP contribution in [0, 0.1) is 0 Å². The molecule has 1 nitrogen and oxygen atoms in total. The predicted molar refractivity (Wildman–Crippen MR) is 16.2 cm³/mol. The van der Waals surface area contributed by atoms with Gasteiger partial charge in [-0.1, -0.05) is 0 Å². The van der Waals surface area contributed by atoms with Gasteiger partial charge in [0.25, 0.3) is 0 Å². The summed E-state index contributed by atoms with van der Waals surface area (Å²) in [4.78, 5) is 0. The minimum atomic E-state index is 0. The summed E-state index contributed by atoms with van der Waals surface area (Å²) < 4.78 is 8.28. The second-order valence-electron chi connectivity index (χ2n) is 0. The molecule has 0 aromatic carbocycles. The summed E-state index contributed by atoms with van der Waals surface area (Å²) >= 11 is 0.611. The van der Waals surface area contributed by atoms with Crippen LogP contribution in [0.3, 0.4) is 0 Å². The van der Waals surface area contributed by atoms with Crippen molar-refractivity contribution in [1.82, 2.24) is 0 Å². The molecule has 0 amide bonds. The zero-order valence-corrected chi connectivity index (χ0v) is 8.63. The fourth-order valence-electron chi connectivity index (χ4n) is 0. The number of hydrogen-bond donors (Lipinski definition) is 0. The van der Waals surface area contributed by atoms with E-state index in [2.05, 4.69) is 0 Å². The Hall–Kier alpha value is 2.28. The third kappa shape index (κ3) is 22.1. The van der Waals surface area contributed by atoms with Crippen LogP contribution in [0.1, 0.15) is 1.43 Å². The van der Waals surface area contributed by atoms with Crippen LogP contribution < -0.4 is 29.6 Å². The average molecular weight is 211 g/mol. The molecule has 0 aromatic heterocycles. The molecular formula is H3AlClNaOPd. The molecule has 0 saturated heterocycles. The molecule has 0 fully saturated rings. The monoisotopic (exact) mass is 210 g/mol. The normalized spacial score (nSPS) is 0.600.